The first-order chi connectivity index (χ1) is 7.14. The summed E-state index contributed by atoms with van der Waals surface area (Å²) >= 11 is 0. The molecule has 1 saturated heterocycles. The number of carboxylic acid groups (broad SMARTS) is 1. The molecule has 5 heteroatoms. The molecule has 0 radical (unpaired) electrons. The van der Waals surface area contributed by atoms with Crippen LogP contribution in [0.1, 0.15) is 26.2 Å². The van der Waals surface area contributed by atoms with Crippen molar-refractivity contribution in [1.82, 2.24) is 5.32 Å². The minimum absolute atomic E-state index is 0.0353. The predicted octanol–water partition coefficient (Wildman–Crippen LogP) is -0.0193. The average molecular weight is 217 g/mol. The standard InChI is InChI=1S/C10H19NO4/c1-2-8(7-12)11-10(9(13)14)3-5-15-6-4-10/h8,11-12H,2-7H2,1H3,(H,13,14). The molecule has 0 aliphatic carbocycles. The molecule has 0 aromatic rings. The molecule has 1 rings (SSSR count). The lowest BCUT2D eigenvalue weighted by atomic mass is 9.89. The molecule has 15 heavy (non-hydrogen) atoms. The molecule has 0 aromatic heterocycles. The summed E-state index contributed by atoms with van der Waals surface area (Å²) in [5, 5.41) is 21.3. The molecular weight excluding hydrogens is 198 g/mol. The van der Waals surface area contributed by atoms with E-state index in [0.29, 0.717) is 32.5 Å². The Bertz CT molecular complexity index is 209. The van der Waals surface area contributed by atoms with E-state index in [1.165, 1.54) is 0 Å². The van der Waals surface area contributed by atoms with Crippen LogP contribution in [0.2, 0.25) is 0 Å². The first kappa shape index (κ1) is 12.4. The summed E-state index contributed by atoms with van der Waals surface area (Å²) in [7, 11) is 0. The Balaban J connectivity index is 2.67. The highest BCUT2D eigenvalue weighted by Gasteiger charge is 2.41. The number of ether oxygens (including phenoxy) is 1. The molecule has 1 fully saturated rings. The van der Waals surface area contributed by atoms with E-state index >= 15 is 0 Å². The number of carboxylic acids is 1. The van der Waals surface area contributed by atoms with Gasteiger partial charge in [0.1, 0.15) is 5.54 Å². The second-order valence-corrected chi connectivity index (χ2v) is 3.93. The van der Waals surface area contributed by atoms with Crippen LogP contribution in [0.4, 0.5) is 0 Å². The molecule has 0 amide bonds. The molecule has 1 aliphatic heterocycles. The smallest absolute Gasteiger partial charge is 0.324 e. The minimum atomic E-state index is -0.915. The van der Waals surface area contributed by atoms with Gasteiger partial charge in [0.15, 0.2) is 0 Å². The molecule has 5 nitrogen and oxygen atoms in total. The Morgan fingerprint density at radius 3 is 2.53 bits per heavy atom. The van der Waals surface area contributed by atoms with Crippen LogP contribution < -0.4 is 5.32 Å². The molecular formula is C10H19NO4. The van der Waals surface area contributed by atoms with Crippen molar-refractivity contribution in [3.63, 3.8) is 0 Å². The van der Waals surface area contributed by atoms with E-state index in [1.54, 1.807) is 0 Å². The number of aliphatic hydroxyl groups is 1. The third kappa shape index (κ3) is 2.90. The van der Waals surface area contributed by atoms with Crippen molar-refractivity contribution in [1.29, 1.82) is 0 Å². The molecule has 0 saturated carbocycles. The van der Waals surface area contributed by atoms with Gasteiger partial charge in [-0.15, -0.1) is 0 Å². The van der Waals surface area contributed by atoms with Crippen LogP contribution >= 0.6 is 0 Å². The molecule has 1 aliphatic rings. The number of carbonyl (C=O) groups is 1. The van der Waals surface area contributed by atoms with Crippen LogP contribution in [0, 0.1) is 0 Å². The highest BCUT2D eigenvalue weighted by molar-refractivity contribution is 5.79. The van der Waals surface area contributed by atoms with Crippen molar-refractivity contribution in [2.45, 2.75) is 37.8 Å². The fourth-order valence-corrected chi connectivity index (χ4v) is 1.81. The fraction of sp³-hybridized carbons (Fsp3) is 0.900. The Kier molecular flexibility index (Phi) is 4.50. The number of nitrogens with one attached hydrogen (secondary N) is 1. The Labute approximate surface area is 89.4 Å². The number of hydrogen-bond acceptors (Lipinski definition) is 4. The van der Waals surface area contributed by atoms with Crippen molar-refractivity contribution in [3.05, 3.63) is 0 Å². The lowest BCUT2D eigenvalue weighted by Crippen LogP contribution is -2.59. The van der Waals surface area contributed by atoms with Gasteiger partial charge in [0.05, 0.1) is 6.61 Å². The molecule has 3 N–H and O–H groups in total. The van der Waals surface area contributed by atoms with Crippen molar-refractivity contribution in [2.75, 3.05) is 19.8 Å². The van der Waals surface area contributed by atoms with Crippen LogP contribution in [-0.4, -0.2) is 47.6 Å². The van der Waals surface area contributed by atoms with Crippen molar-refractivity contribution in [3.8, 4) is 0 Å². The molecule has 88 valence electrons. The highest BCUT2D eigenvalue weighted by atomic mass is 16.5. The molecule has 0 bridgehead atoms. The average Bonchev–Trinajstić information content (AvgIpc) is 2.27. The van der Waals surface area contributed by atoms with Gasteiger partial charge in [0.25, 0.3) is 0 Å². The van der Waals surface area contributed by atoms with E-state index in [1.807, 2.05) is 6.92 Å². The predicted molar refractivity (Wildman–Crippen MR) is 54.7 cm³/mol. The van der Waals surface area contributed by atoms with E-state index in [0.717, 1.165) is 0 Å². The van der Waals surface area contributed by atoms with Gasteiger partial charge in [-0.2, -0.15) is 0 Å². The van der Waals surface area contributed by atoms with Crippen molar-refractivity contribution < 1.29 is 19.7 Å². The normalized spacial score (nSPS) is 22.3. The van der Waals surface area contributed by atoms with Crippen molar-refractivity contribution >= 4 is 5.97 Å². The van der Waals surface area contributed by atoms with Gasteiger partial charge in [0, 0.05) is 19.3 Å². The molecule has 0 spiro atoms. The summed E-state index contributed by atoms with van der Waals surface area (Å²) in [6.07, 6.45) is 1.63. The van der Waals surface area contributed by atoms with Crippen LogP contribution in [0.3, 0.4) is 0 Å². The lowest BCUT2D eigenvalue weighted by molar-refractivity contribution is -0.150. The lowest BCUT2D eigenvalue weighted by Gasteiger charge is -2.36. The van der Waals surface area contributed by atoms with Gasteiger partial charge in [-0.25, -0.2) is 0 Å². The Morgan fingerprint density at radius 1 is 1.53 bits per heavy atom. The largest absolute Gasteiger partial charge is 0.480 e. The van der Waals surface area contributed by atoms with Crippen molar-refractivity contribution in [2.24, 2.45) is 0 Å². The summed E-state index contributed by atoms with van der Waals surface area (Å²) in [4.78, 5) is 11.2. The monoisotopic (exact) mass is 217 g/mol. The maximum atomic E-state index is 11.2. The van der Waals surface area contributed by atoms with E-state index in [4.69, 9.17) is 9.84 Å². The first-order valence-electron chi connectivity index (χ1n) is 5.34. The molecule has 1 heterocycles. The van der Waals surface area contributed by atoms with E-state index in [9.17, 15) is 9.90 Å². The summed E-state index contributed by atoms with van der Waals surface area (Å²) in [5.41, 5.74) is -0.915. The van der Waals surface area contributed by atoms with Gasteiger partial charge in [-0.3, -0.25) is 10.1 Å². The van der Waals surface area contributed by atoms with Gasteiger partial charge in [-0.1, -0.05) is 6.92 Å². The zero-order valence-electron chi connectivity index (χ0n) is 9.03. The Morgan fingerprint density at radius 2 is 2.13 bits per heavy atom. The van der Waals surface area contributed by atoms with E-state index in [2.05, 4.69) is 5.32 Å². The summed E-state index contributed by atoms with van der Waals surface area (Å²) in [5.74, 6) is -0.849. The molecule has 1 atom stereocenters. The first-order valence-corrected chi connectivity index (χ1v) is 5.34. The van der Waals surface area contributed by atoms with Gasteiger partial charge < -0.3 is 14.9 Å². The summed E-state index contributed by atoms with van der Waals surface area (Å²) in [6.45, 7) is 2.80. The highest BCUT2D eigenvalue weighted by Crippen LogP contribution is 2.22. The van der Waals surface area contributed by atoms with E-state index < -0.39 is 11.5 Å². The SMILES string of the molecule is CCC(CO)NC1(C(=O)O)CCOCC1. The fourth-order valence-electron chi connectivity index (χ4n) is 1.81. The second-order valence-electron chi connectivity index (χ2n) is 3.93. The summed E-state index contributed by atoms with van der Waals surface area (Å²) in [6, 6.07) is -0.154. The number of rotatable bonds is 5. The number of aliphatic carboxylic acids is 1. The number of hydrogen-bond donors (Lipinski definition) is 3. The zero-order chi connectivity index (χ0) is 11.3. The van der Waals surface area contributed by atoms with E-state index in [-0.39, 0.29) is 12.6 Å². The third-order valence-corrected chi connectivity index (χ3v) is 2.95. The van der Waals surface area contributed by atoms with Crippen LogP contribution in [0.15, 0.2) is 0 Å². The van der Waals surface area contributed by atoms with Gasteiger partial charge in [-0.05, 0) is 19.3 Å². The van der Waals surface area contributed by atoms with Crippen LogP contribution in [-0.2, 0) is 9.53 Å². The quantitative estimate of drug-likeness (QED) is 0.603. The van der Waals surface area contributed by atoms with Gasteiger partial charge in [0.2, 0.25) is 0 Å². The molecule has 1 unspecified atom stereocenters. The maximum Gasteiger partial charge on any atom is 0.324 e. The third-order valence-electron chi connectivity index (χ3n) is 2.95. The number of aliphatic hydroxyl groups excluding tert-OH is 1. The second kappa shape index (κ2) is 5.44. The zero-order valence-corrected chi connectivity index (χ0v) is 9.03. The van der Waals surface area contributed by atoms with Crippen LogP contribution in [0.25, 0.3) is 0 Å². The maximum absolute atomic E-state index is 11.2. The van der Waals surface area contributed by atoms with Gasteiger partial charge >= 0.3 is 5.97 Å². The minimum Gasteiger partial charge on any atom is -0.480 e. The Hall–Kier alpha value is -0.650. The van der Waals surface area contributed by atoms with Crippen LogP contribution in [0.5, 0.6) is 0 Å². The topological polar surface area (TPSA) is 78.8 Å². The molecule has 0 aromatic carbocycles. The summed E-state index contributed by atoms with van der Waals surface area (Å²) < 4.78 is 5.16.